The summed E-state index contributed by atoms with van der Waals surface area (Å²) in [5.41, 5.74) is 1.22. The zero-order valence-electron chi connectivity index (χ0n) is 10.4. The van der Waals surface area contributed by atoms with Gasteiger partial charge in [-0.3, -0.25) is 9.59 Å². The molecule has 0 bridgehead atoms. The molecule has 0 amide bonds. The Labute approximate surface area is 106 Å². The van der Waals surface area contributed by atoms with Crippen molar-refractivity contribution in [1.82, 2.24) is 0 Å². The number of benzene rings is 1. The number of fused-ring (bicyclic) bond motifs is 1. The van der Waals surface area contributed by atoms with Gasteiger partial charge in [0.15, 0.2) is 0 Å². The molecule has 1 saturated heterocycles. The molecule has 3 atom stereocenters. The molecule has 0 N–H and O–H groups in total. The smallest absolute Gasteiger partial charge is 0.317 e. The van der Waals surface area contributed by atoms with Crippen LogP contribution in [0.2, 0.25) is 0 Å². The fourth-order valence-corrected chi connectivity index (χ4v) is 3.29. The lowest BCUT2D eigenvalue weighted by molar-refractivity contribution is -0.153. The lowest BCUT2D eigenvalue weighted by Crippen LogP contribution is -2.36. The minimum absolute atomic E-state index is 0.0218. The summed E-state index contributed by atoms with van der Waals surface area (Å²) < 4.78 is 4.76. The highest BCUT2D eigenvalue weighted by molar-refractivity contribution is 5.96. The van der Waals surface area contributed by atoms with Crippen molar-refractivity contribution in [2.45, 2.75) is 31.6 Å². The summed E-state index contributed by atoms with van der Waals surface area (Å²) >= 11 is 0. The van der Waals surface area contributed by atoms with Crippen LogP contribution in [0.4, 0.5) is 0 Å². The average Bonchev–Trinajstić information content (AvgIpc) is 2.65. The van der Waals surface area contributed by atoms with E-state index in [4.69, 9.17) is 4.74 Å². The van der Waals surface area contributed by atoms with E-state index in [1.165, 1.54) is 5.56 Å². The first-order valence-corrected chi connectivity index (χ1v) is 6.41. The van der Waals surface area contributed by atoms with Gasteiger partial charge in [0.25, 0.3) is 0 Å². The first-order valence-electron chi connectivity index (χ1n) is 6.41. The second-order valence-electron chi connectivity index (χ2n) is 5.62. The largest absolute Gasteiger partial charge is 0.393 e. The summed E-state index contributed by atoms with van der Waals surface area (Å²) in [4.78, 5) is 23.2. The Morgan fingerprint density at radius 3 is 2.50 bits per heavy atom. The van der Waals surface area contributed by atoms with E-state index in [0.717, 1.165) is 12.8 Å². The Kier molecular flexibility index (Phi) is 2.51. The molecule has 18 heavy (non-hydrogen) atoms. The van der Waals surface area contributed by atoms with Crippen molar-refractivity contribution >= 4 is 11.9 Å². The van der Waals surface area contributed by atoms with Crippen molar-refractivity contribution in [3.8, 4) is 0 Å². The van der Waals surface area contributed by atoms with Gasteiger partial charge < -0.3 is 4.74 Å². The fourth-order valence-electron chi connectivity index (χ4n) is 3.29. The van der Waals surface area contributed by atoms with Crippen molar-refractivity contribution in [2.75, 3.05) is 0 Å². The zero-order valence-corrected chi connectivity index (χ0v) is 10.4. The number of hydrogen-bond acceptors (Lipinski definition) is 3. The second-order valence-corrected chi connectivity index (χ2v) is 5.62. The van der Waals surface area contributed by atoms with Crippen LogP contribution in [0.15, 0.2) is 30.3 Å². The Balaban J connectivity index is 1.90. The summed E-state index contributed by atoms with van der Waals surface area (Å²) in [6, 6.07) is 10.2. The minimum atomic E-state index is -0.327. The fraction of sp³-hybridized carbons (Fsp3) is 0.467. The Hall–Kier alpha value is -1.64. The lowest BCUT2D eigenvalue weighted by Gasteiger charge is -2.37. The van der Waals surface area contributed by atoms with Crippen molar-refractivity contribution in [3.05, 3.63) is 35.9 Å². The van der Waals surface area contributed by atoms with Crippen LogP contribution >= 0.6 is 0 Å². The molecule has 1 heterocycles. The van der Waals surface area contributed by atoms with Gasteiger partial charge in [-0.25, -0.2) is 0 Å². The third-order valence-corrected chi connectivity index (χ3v) is 4.44. The Morgan fingerprint density at radius 1 is 1.11 bits per heavy atom. The molecule has 1 aliphatic carbocycles. The van der Waals surface area contributed by atoms with E-state index in [-0.39, 0.29) is 29.2 Å². The van der Waals surface area contributed by atoms with E-state index in [1.54, 1.807) is 0 Å². The highest BCUT2D eigenvalue weighted by atomic mass is 16.6. The monoisotopic (exact) mass is 244 g/mol. The number of ether oxygens (including phenoxy) is 1. The van der Waals surface area contributed by atoms with Crippen LogP contribution in [0.25, 0.3) is 0 Å². The number of rotatable bonds is 1. The van der Waals surface area contributed by atoms with Gasteiger partial charge in [0.2, 0.25) is 0 Å². The third-order valence-electron chi connectivity index (χ3n) is 4.44. The maximum absolute atomic E-state index is 11.7. The van der Waals surface area contributed by atoms with E-state index in [0.29, 0.717) is 6.42 Å². The van der Waals surface area contributed by atoms with E-state index in [9.17, 15) is 9.59 Å². The normalized spacial score (nSPS) is 35.2. The molecule has 1 saturated carbocycles. The van der Waals surface area contributed by atoms with E-state index >= 15 is 0 Å². The molecule has 0 radical (unpaired) electrons. The molecule has 3 heteroatoms. The number of carbonyl (C=O) groups is 2. The molecule has 0 spiro atoms. The van der Waals surface area contributed by atoms with E-state index in [2.05, 4.69) is 19.1 Å². The Bertz CT molecular complexity index is 494. The number of cyclic esters (lactones) is 2. The number of hydrogen-bond donors (Lipinski definition) is 0. The molecular weight excluding hydrogens is 228 g/mol. The van der Waals surface area contributed by atoms with Crippen molar-refractivity contribution in [3.63, 3.8) is 0 Å². The van der Waals surface area contributed by atoms with Crippen molar-refractivity contribution < 1.29 is 14.3 Å². The van der Waals surface area contributed by atoms with Gasteiger partial charge in [-0.2, -0.15) is 0 Å². The quantitative estimate of drug-likeness (QED) is 0.563. The van der Waals surface area contributed by atoms with Crippen molar-refractivity contribution in [2.24, 2.45) is 11.8 Å². The molecule has 2 aliphatic rings. The summed E-state index contributed by atoms with van der Waals surface area (Å²) in [5, 5.41) is 0. The molecule has 3 rings (SSSR count). The predicted molar refractivity (Wildman–Crippen MR) is 65.7 cm³/mol. The van der Waals surface area contributed by atoms with Crippen LogP contribution in [0.5, 0.6) is 0 Å². The summed E-state index contributed by atoms with van der Waals surface area (Å²) in [5.74, 6) is -1.09. The highest BCUT2D eigenvalue weighted by Gasteiger charge is 2.51. The van der Waals surface area contributed by atoms with E-state index < -0.39 is 0 Å². The maximum Gasteiger partial charge on any atom is 0.317 e. The van der Waals surface area contributed by atoms with Gasteiger partial charge in [-0.15, -0.1) is 0 Å². The lowest BCUT2D eigenvalue weighted by atomic mass is 9.64. The predicted octanol–water partition coefficient (Wildman–Crippen LogP) is 2.44. The van der Waals surface area contributed by atoms with Crippen LogP contribution in [0.3, 0.4) is 0 Å². The van der Waals surface area contributed by atoms with Crippen molar-refractivity contribution in [1.29, 1.82) is 0 Å². The van der Waals surface area contributed by atoms with Gasteiger partial charge in [0.05, 0.1) is 11.8 Å². The average molecular weight is 244 g/mol. The summed E-state index contributed by atoms with van der Waals surface area (Å²) in [6.07, 6.45) is 2.40. The molecule has 94 valence electrons. The molecule has 0 aromatic heterocycles. The standard InChI is InChI=1S/C15H16O3/c1-15(10-5-3-2-4-6-10)8-7-11-12(9-15)14(17)18-13(11)16/h2-6,11-12H,7-9H2,1H3/t11-,12-,15-/m0/s1. The van der Waals surface area contributed by atoms with Crippen LogP contribution < -0.4 is 0 Å². The molecular formula is C15H16O3. The Morgan fingerprint density at radius 2 is 1.78 bits per heavy atom. The second kappa shape index (κ2) is 3.94. The van der Waals surface area contributed by atoms with Crippen LogP contribution in [-0.2, 0) is 19.7 Å². The zero-order chi connectivity index (χ0) is 12.8. The first-order chi connectivity index (χ1) is 8.60. The number of carbonyl (C=O) groups excluding carboxylic acids is 2. The van der Waals surface area contributed by atoms with Gasteiger partial charge in [0.1, 0.15) is 0 Å². The SMILES string of the molecule is C[C@]1(c2ccccc2)CC[C@@H]2C(=O)OC(=O)[C@H]2C1. The molecule has 1 aromatic carbocycles. The maximum atomic E-state index is 11.7. The highest BCUT2D eigenvalue weighted by Crippen LogP contribution is 2.47. The van der Waals surface area contributed by atoms with Crippen LogP contribution in [-0.4, -0.2) is 11.9 Å². The van der Waals surface area contributed by atoms with Crippen LogP contribution in [0, 0.1) is 11.8 Å². The molecule has 1 aromatic rings. The van der Waals surface area contributed by atoms with Gasteiger partial charge >= 0.3 is 11.9 Å². The van der Waals surface area contributed by atoms with Gasteiger partial charge in [-0.05, 0) is 30.2 Å². The molecule has 2 fully saturated rings. The third kappa shape index (κ3) is 1.65. The van der Waals surface area contributed by atoms with E-state index in [1.807, 2.05) is 18.2 Å². The minimum Gasteiger partial charge on any atom is -0.393 e. The van der Waals surface area contributed by atoms with Gasteiger partial charge in [-0.1, -0.05) is 37.3 Å². The topological polar surface area (TPSA) is 43.4 Å². The molecule has 3 nitrogen and oxygen atoms in total. The molecule has 0 unspecified atom stereocenters. The molecule has 1 aliphatic heterocycles. The first kappa shape index (κ1) is 11.5. The van der Waals surface area contributed by atoms with Gasteiger partial charge in [0, 0.05) is 0 Å². The summed E-state index contributed by atoms with van der Waals surface area (Å²) in [7, 11) is 0. The summed E-state index contributed by atoms with van der Waals surface area (Å²) in [6.45, 7) is 2.18. The number of esters is 2. The van der Waals surface area contributed by atoms with Crippen LogP contribution in [0.1, 0.15) is 31.7 Å².